The summed E-state index contributed by atoms with van der Waals surface area (Å²) in [6.07, 6.45) is 4.14. The minimum Gasteiger partial charge on any atom is -0.454 e. The van der Waals surface area contributed by atoms with E-state index < -0.39 is 11.0 Å². The number of likely N-dealkylation sites (N-methyl/N-ethyl adjacent to an activating group) is 1. The second kappa shape index (κ2) is 8.22. The van der Waals surface area contributed by atoms with Crippen LogP contribution in [0.15, 0.2) is 12.1 Å². The normalized spacial score (nSPS) is 16.9. The second-order valence-corrected chi connectivity index (χ2v) is 6.80. The highest BCUT2D eigenvalue weighted by Crippen LogP contribution is 2.41. The molecule has 9 heteroatoms. The third-order valence-corrected chi connectivity index (χ3v) is 4.98. The summed E-state index contributed by atoms with van der Waals surface area (Å²) in [6, 6.07) is 4.03. The summed E-state index contributed by atoms with van der Waals surface area (Å²) in [5.74, 6) is 0.368. The van der Waals surface area contributed by atoms with Crippen molar-refractivity contribution in [2.45, 2.75) is 44.2 Å². The number of amides is 1. The zero-order valence-electron chi connectivity index (χ0n) is 15.1. The lowest BCUT2D eigenvalue weighted by Gasteiger charge is -2.28. The molecule has 1 aromatic rings. The summed E-state index contributed by atoms with van der Waals surface area (Å²) in [7, 11) is 1.69. The number of ether oxygens (including phenoxy) is 2. The van der Waals surface area contributed by atoms with Crippen molar-refractivity contribution in [3.63, 3.8) is 0 Å². The summed E-state index contributed by atoms with van der Waals surface area (Å²) >= 11 is 0. The summed E-state index contributed by atoms with van der Waals surface area (Å²) in [5.41, 5.74) is 0.0369. The van der Waals surface area contributed by atoms with Crippen molar-refractivity contribution in [1.82, 2.24) is 10.2 Å². The fourth-order valence-corrected chi connectivity index (χ4v) is 3.61. The van der Waals surface area contributed by atoms with E-state index in [0.29, 0.717) is 18.0 Å². The number of carbonyl (C=O) groups excluding carboxylic acids is 1. The average molecular weight is 374 g/mol. The van der Waals surface area contributed by atoms with Gasteiger partial charge in [0.2, 0.25) is 12.7 Å². The number of nitro benzene ring substituents is 1. The molecule has 144 valence electrons. The number of fused-ring (bicyclic) bond motifs is 1. The van der Waals surface area contributed by atoms with Gasteiger partial charge >= 0.3 is 0 Å². The molecule has 1 aliphatic carbocycles. The molecule has 1 saturated carbocycles. The quantitative estimate of drug-likeness (QED) is 0.574. The van der Waals surface area contributed by atoms with E-state index in [0.717, 1.165) is 25.7 Å². The van der Waals surface area contributed by atoms with Crippen LogP contribution in [0.2, 0.25) is 0 Å². The Kier molecular flexibility index (Phi) is 5.76. The van der Waals surface area contributed by atoms with E-state index in [1.165, 1.54) is 12.1 Å². The Morgan fingerprint density at radius 1 is 1.41 bits per heavy atom. The van der Waals surface area contributed by atoms with Crippen LogP contribution in [0.3, 0.4) is 0 Å². The Balaban J connectivity index is 1.97. The summed E-state index contributed by atoms with van der Waals surface area (Å²) < 4.78 is 10.6. The van der Waals surface area contributed by atoms with Gasteiger partial charge in [0.25, 0.3) is 5.69 Å². The monoisotopic (exact) mass is 374 g/mol. The number of nitriles is 1. The molecule has 3 rings (SSSR count). The molecule has 0 radical (unpaired) electrons. The van der Waals surface area contributed by atoms with Crippen LogP contribution in [0.5, 0.6) is 11.5 Å². The molecule has 1 aliphatic heterocycles. The van der Waals surface area contributed by atoms with E-state index in [9.17, 15) is 14.9 Å². The zero-order chi connectivity index (χ0) is 19.4. The molecule has 1 atom stereocenters. The molecule has 1 N–H and O–H groups in total. The number of hydrogen-bond acceptors (Lipinski definition) is 7. The zero-order valence-corrected chi connectivity index (χ0v) is 15.1. The Hall–Kier alpha value is -2.86. The van der Waals surface area contributed by atoms with Crippen LogP contribution < -0.4 is 14.8 Å². The standard InChI is InChI=1S/C18H22N4O5/c1-21(8-4-7-19)17(18(23)20-12-5-2-3-6-12)13-9-15-16(27-11-26-15)10-14(13)22(24)25/h9-10,12,17H,2-6,8,11H2,1H3,(H,20,23)/t17-/m0/s1. The summed E-state index contributed by atoms with van der Waals surface area (Å²) in [4.78, 5) is 25.8. The Morgan fingerprint density at radius 2 is 2.07 bits per heavy atom. The van der Waals surface area contributed by atoms with Crippen LogP contribution in [0.4, 0.5) is 5.69 Å². The number of benzene rings is 1. The molecule has 0 unspecified atom stereocenters. The third kappa shape index (κ3) is 4.11. The maximum atomic E-state index is 13.0. The number of carbonyl (C=O) groups is 1. The van der Waals surface area contributed by atoms with E-state index in [-0.39, 0.29) is 36.4 Å². The first-order chi connectivity index (χ1) is 13.0. The lowest BCUT2D eigenvalue weighted by molar-refractivity contribution is -0.385. The first-order valence-electron chi connectivity index (χ1n) is 8.96. The fourth-order valence-electron chi connectivity index (χ4n) is 3.61. The number of nitro groups is 1. The smallest absolute Gasteiger partial charge is 0.278 e. The van der Waals surface area contributed by atoms with Gasteiger partial charge in [-0.3, -0.25) is 19.8 Å². The van der Waals surface area contributed by atoms with Gasteiger partial charge in [-0.15, -0.1) is 0 Å². The molecule has 2 aliphatic rings. The van der Waals surface area contributed by atoms with Crippen LogP contribution in [0.1, 0.15) is 43.7 Å². The summed E-state index contributed by atoms with van der Waals surface area (Å²) in [6.45, 7) is 0.296. The van der Waals surface area contributed by atoms with Gasteiger partial charge in [-0.1, -0.05) is 12.8 Å². The maximum absolute atomic E-state index is 13.0. The fraction of sp³-hybridized carbons (Fsp3) is 0.556. The molecule has 0 saturated heterocycles. The summed E-state index contributed by atoms with van der Waals surface area (Å²) in [5, 5.41) is 23.5. The highest BCUT2D eigenvalue weighted by Gasteiger charge is 2.35. The first-order valence-corrected chi connectivity index (χ1v) is 8.96. The van der Waals surface area contributed by atoms with Crippen molar-refractivity contribution in [2.75, 3.05) is 20.4 Å². The molecule has 1 aromatic carbocycles. The van der Waals surface area contributed by atoms with Gasteiger partial charge < -0.3 is 14.8 Å². The van der Waals surface area contributed by atoms with Crippen molar-refractivity contribution in [3.05, 3.63) is 27.8 Å². The second-order valence-electron chi connectivity index (χ2n) is 6.80. The molecular formula is C18H22N4O5. The van der Waals surface area contributed by atoms with Gasteiger partial charge in [-0.05, 0) is 26.0 Å². The van der Waals surface area contributed by atoms with Crippen molar-refractivity contribution >= 4 is 11.6 Å². The van der Waals surface area contributed by atoms with Crippen LogP contribution in [0.25, 0.3) is 0 Å². The molecule has 0 bridgehead atoms. The SMILES string of the molecule is CN(CCC#N)[C@H](C(=O)NC1CCCC1)c1cc2c(cc1[N+](=O)[O-])OCO2. The average Bonchev–Trinajstić information content (AvgIpc) is 3.30. The van der Waals surface area contributed by atoms with E-state index in [2.05, 4.69) is 5.32 Å². The van der Waals surface area contributed by atoms with Gasteiger partial charge in [0.15, 0.2) is 11.5 Å². The van der Waals surface area contributed by atoms with Crippen LogP contribution in [-0.2, 0) is 4.79 Å². The van der Waals surface area contributed by atoms with Crippen LogP contribution in [0, 0.1) is 21.4 Å². The molecule has 1 heterocycles. The van der Waals surface area contributed by atoms with Crippen molar-refractivity contribution < 1.29 is 19.2 Å². The minimum atomic E-state index is -0.895. The van der Waals surface area contributed by atoms with Gasteiger partial charge in [0.1, 0.15) is 6.04 Å². The van der Waals surface area contributed by atoms with E-state index >= 15 is 0 Å². The Morgan fingerprint density at radius 3 is 2.70 bits per heavy atom. The highest BCUT2D eigenvalue weighted by molar-refractivity contribution is 5.85. The molecule has 0 spiro atoms. The minimum absolute atomic E-state index is 0.0147. The number of hydrogen-bond donors (Lipinski definition) is 1. The Labute approximate surface area is 157 Å². The van der Waals surface area contributed by atoms with Crippen molar-refractivity contribution in [1.29, 1.82) is 5.26 Å². The predicted molar refractivity (Wildman–Crippen MR) is 95.2 cm³/mol. The first kappa shape index (κ1) is 18.9. The van der Waals surface area contributed by atoms with E-state index in [1.54, 1.807) is 11.9 Å². The number of nitrogens with zero attached hydrogens (tertiary/aromatic N) is 3. The van der Waals surface area contributed by atoms with E-state index in [4.69, 9.17) is 14.7 Å². The lowest BCUT2D eigenvalue weighted by Crippen LogP contribution is -2.43. The molecule has 1 amide bonds. The molecule has 1 fully saturated rings. The van der Waals surface area contributed by atoms with Crippen LogP contribution in [-0.4, -0.2) is 42.2 Å². The molecular weight excluding hydrogens is 352 g/mol. The van der Waals surface area contributed by atoms with E-state index in [1.807, 2.05) is 6.07 Å². The topological polar surface area (TPSA) is 118 Å². The van der Waals surface area contributed by atoms with Crippen LogP contribution >= 0.6 is 0 Å². The largest absolute Gasteiger partial charge is 0.454 e. The molecule has 27 heavy (non-hydrogen) atoms. The predicted octanol–water partition coefficient (Wildman–Crippen LogP) is 2.27. The molecule has 0 aromatic heterocycles. The number of nitrogens with one attached hydrogen (secondary N) is 1. The van der Waals surface area contributed by atoms with Gasteiger partial charge in [-0.2, -0.15) is 5.26 Å². The lowest BCUT2D eigenvalue weighted by atomic mass is 10.0. The van der Waals surface area contributed by atoms with Gasteiger partial charge in [0, 0.05) is 19.0 Å². The van der Waals surface area contributed by atoms with Crippen molar-refractivity contribution in [2.24, 2.45) is 0 Å². The third-order valence-electron chi connectivity index (χ3n) is 4.98. The highest BCUT2D eigenvalue weighted by atomic mass is 16.7. The van der Waals surface area contributed by atoms with Gasteiger partial charge in [0.05, 0.1) is 22.6 Å². The molecule has 9 nitrogen and oxygen atoms in total. The number of rotatable bonds is 7. The van der Waals surface area contributed by atoms with Crippen molar-refractivity contribution in [3.8, 4) is 17.6 Å². The Bertz CT molecular complexity index is 770. The maximum Gasteiger partial charge on any atom is 0.278 e. The van der Waals surface area contributed by atoms with Gasteiger partial charge in [-0.25, -0.2) is 0 Å².